The Labute approximate surface area is 491 Å². The number of rotatable bonds is 7. The van der Waals surface area contributed by atoms with Crippen LogP contribution >= 0.6 is 0 Å². The van der Waals surface area contributed by atoms with E-state index in [0.717, 1.165) is 27.8 Å². The molecule has 0 spiro atoms. The molecule has 0 bridgehead atoms. The van der Waals surface area contributed by atoms with Crippen LogP contribution in [-0.2, 0) is 0 Å². The number of hydrogen-bond donors (Lipinski definition) is 1. The SMILES string of the molecule is CC(C)c1cccc2[nH]ncc12.CC(C)c1cccc2cncn12.CC(C)c1cccc2cnnn12.CC(C)c1cccc2nncn12.CC(C)c1cccn2cncc12.CC(C)c1cccn2cnnc12.CC(C)c1cccn2nncc12. The van der Waals surface area contributed by atoms with Crippen LogP contribution < -0.4 is 0 Å². The smallest absolute Gasteiger partial charge is 0.164 e. The molecular formula is C66H80N18. The van der Waals surface area contributed by atoms with Crippen molar-refractivity contribution in [2.75, 3.05) is 0 Å². The van der Waals surface area contributed by atoms with Gasteiger partial charge in [0, 0.05) is 41.1 Å². The summed E-state index contributed by atoms with van der Waals surface area (Å²) in [6.07, 6.45) is 22.3. The first-order chi connectivity index (χ1) is 40.5. The molecule has 0 unspecified atom stereocenters. The van der Waals surface area contributed by atoms with Crippen LogP contribution in [0.1, 0.15) is 178 Å². The summed E-state index contributed by atoms with van der Waals surface area (Å²) < 4.78 is 11.8. The highest BCUT2D eigenvalue weighted by Crippen LogP contribution is 2.25. The number of nitrogens with zero attached hydrogens (tertiary/aromatic N) is 17. The average Bonchev–Trinajstić information content (AvgIpc) is 4.54. The van der Waals surface area contributed by atoms with Gasteiger partial charge in [-0.25, -0.2) is 19.0 Å². The topological polar surface area (TPSA) is 184 Å². The van der Waals surface area contributed by atoms with Crippen molar-refractivity contribution < 1.29 is 0 Å². The average molecular weight is 1130 g/mol. The maximum atomic E-state index is 4.11. The molecule has 0 amide bonds. The minimum absolute atomic E-state index is 0.482. The third-order valence-electron chi connectivity index (χ3n) is 14.2. The summed E-state index contributed by atoms with van der Waals surface area (Å²) in [5.41, 5.74) is 16.6. The third kappa shape index (κ3) is 14.8. The fourth-order valence-electron chi connectivity index (χ4n) is 9.73. The maximum Gasteiger partial charge on any atom is 0.164 e. The second kappa shape index (κ2) is 28.5. The quantitative estimate of drug-likeness (QED) is 0.160. The zero-order valence-electron chi connectivity index (χ0n) is 51.0. The monoisotopic (exact) mass is 1120 g/mol. The number of nitrogens with one attached hydrogen (secondary N) is 1. The van der Waals surface area contributed by atoms with E-state index in [4.69, 9.17) is 0 Å². The summed E-state index contributed by atoms with van der Waals surface area (Å²) in [5.74, 6) is 3.67. The highest BCUT2D eigenvalue weighted by Gasteiger charge is 2.10. The Hall–Kier alpha value is -9.45. The van der Waals surface area contributed by atoms with Crippen molar-refractivity contribution in [3.8, 4) is 0 Å². The molecule has 13 heterocycles. The van der Waals surface area contributed by atoms with Crippen molar-refractivity contribution in [3.63, 3.8) is 0 Å². The molecule has 0 fully saturated rings. The Morgan fingerprint density at radius 1 is 0.381 bits per heavy atom. The zero-order chi connectivity index (χ0) is 59.9. The molecule has 1 N–H and O–H groups in total. The van der Waals surface area contributed by atoms with E-state index in [1.54, 1.807) is 29.6 Å². The second-order valence-electron chi connectivity index (χ2n) is 22.6. The lowest BCUT2D eigenvalue weighted by molar-refractivity contribution is 0.730. The number of pyridine rings is 6. The van der Waals surface area contributed by atoms with Crippen LogP contribution in [0.2, 0.25) is 0 Å². The first-order valence-electron chi connectivity index (χ1n) is 28.9. The van der Waals surface area contributed by atoms with E-state index in [0.29, 0.717) is 41.4 Å². The van der Waals surface area contributed by atoms with E-state index in [1.807, 2.05) is 106 Å². The van der Waals surface area contributed by atoms with E-state index < -0.39 is 0 Å². The first-order valence-corrected chi connectivity index (χ1v) is 28.9. The van der Waals surface area contributed by atoms with E-state index in [2.05, 4.69) is 234 Å². The summed E-state index contributed by atoms with van der Waals surface area (Å²) in [7, 11) is 0. The molecule has 18 nitrogen and oxygen atoms in total. The molecular weight excluding hydrogens is 1040 g/mol. The van der Waals surface area contributed by atoms with E-state index >= 15 is 0 Å². The van der Waals surface area contributed by atoms with Gasteiger partial charge in [0.25, 0.3) is 0 Å². The van der Waals surface area contributed by atoms with Crippen molar-refractivity contribution in [3.05, 3.63) is 223 Å². The van der Waals surface area contributed by atoms with Gasteiger partial charge in [0.15, 0.2) is 11.3 Å². The van der Waals surface area contributed by atoms with Crippen LogP contribution in [-0.4, -0.2) is 87.8 Å². The zero-order valence-corrected chi connectivity index (χ0v) is 51.0. The fourth-order valence-corrected chi connectivity index (χ4v) is 9.73. The predicted molar refractivity (Wildman–Crippen MR) is 337 cm³/mol. The molecule has 84 heavy (non-hydrogen) atoms. The van der Waals surface area contributed by atoms with Gasteiger partial charge in [-0.05, 0) is 124 Å². The third-order valence-corrected chi connectivity index (χ3v) is 14.2. The Morgan fingerprint density at radius 2 is 0.952 bits per heavy atom. The van der Waals surface area contributed by atoms with E-state index in [-0.39, 0.29) is 0 Å². The number of imidazole rings is 2. The highest BCUT2D eigenvalue weighted by molar-refractivity contribution is 5.82. The van der Waals surface area contributed by atoms with Crippen LogP contribution in [0, 0.1) is 0 Å². The lowest BCUT2D eigenvalue weighted by Crippen LogP contribution is -1.99. The molecule has 0 aliphatic carbocycles. The molecule has 1 aromatic carbocycles. The molecule has 0 radical (unpaired) electrons. The normalized spacial score (nSPS) is 11.2. The van der Waals surface area contributed by atoms with Gasteiger partial charge in [-0.15, -0.1) is 30.6 Å². The number of hydrogen-bond acceptors (Lipinski definition) is 11. The number of aromatic nitrogens is 18. The van der Waals surface area contributed by atoms with Crippen LogP contribution in [0.25, 0.3) is 44.3 Å². The summed E-state index contributed by atoms with van der Waals surface area (Å²) >= 11 is 0. The van der Waals surface area contributed by atoms with Crippen molar-refractivity contribution in [2.24, 2.45) is 0 Å². The van der Waals surface area contributed by atoms with Gasteiger partial charge in [-0.2, -0.15) is 5.10 Å². The molecule has 434 valence electrons. The Bertz CT molecular complexity index is 3490. The molecule has 0 saturated heterocycles. The molecule has 18 heteroatoms. The van der Waals surface area contributed by atoms with Gasteiger partial charge in [0.1, 0.15) is 12.7 Å². The number of H-pyrrole nitrogens is 1. The predicted octanol–water partition coefficient (Wildman–Crippen LogP) is 15.0. The summed E-state index contributed by atoms with van der Waals surface area (Å²) in [6, 6.07) is 37.2. The largest absolute Gasteiger partial charge is 0.306 e. The number of fused-ring (bicyclic) bond motifs is 7. The number of aromatic amines is 1. The highest BCUT2D eigenvalue weighted by atomic mass is 15.4. The van der Waals surface area contributed by atoms with Crippen LogP contribution in [0.3, 0.4) is 0 Å². The maximum absolute atomic E-state index is 4.11. The van der Waals surface area contributed by atoms with E-state index in [1.165, 1.54) is 55.8 Å². The van der Waals surface area contributed by atoms with Gasteiger partial charge in [-0.3, -0.25) is 13.9 Å². The Kier molecular flexibility index (Phi) is 20.6. The molecule has 13 aromatic heterocycles. The van der Waals surface area contributed by atoms with Gasteiger partial charge >= 0.3 is 0 Å². The van der Waals surface area contributed by atoms with Gasteiger partial charge in [0.05, 0.1) is 71.2 Å². The molecule has 0 aliphatic rings. The summed E-state index contributed by atoms with van der Waals surface area (Å²) in [6.45, 7) is 30.4. The lowest BCUT2D eigenvalue weighted by atomic mass is 10.00. The fraction of sp³-hybridized carbons (Fsp3) is 0.318. The minimum atomic E-state index is 0.482. The summed E-state index contributed by atoms with van der Waals surface area (Å²) in [5, 5.41) is 39.6. The Morgan fingerprint density at radius 3 is 1.65 bits per heavy atom. The van der Waals surface area contributed by atoms with Crippen molar-refractivity contribution >= 4 is 44.3 Å². The van der Waals surface area contributed by atoms with Gasteiger partial charge < -0.3 is 8.80 Å². The number of benzene rings is 1. The summed E-state index contributed by atoms with van der Waals surface area (Å²) in [4.78, 5) is 8.21. The standard InChI is InChI=1S/3C10H12N2.4C9H11N3/c1-8(2)9-4-3-5-12-7-11-6-10(9)12;1-8(2)10-5-3-4-9-6-11-7-12(9)10;1-7(2)8-4-3-5-10-9(8)6-11-12-10;1-7(2)8-4-3-5-12-6-10-11-9(8)12;1-7(2)8-4-3-5-12-9(8)6-10-11-12;1-7(2)8-4-3-5-9-11-10-6-12(8)9;1-7(2)9-5-3-4-8-6-10-11-12(8)9/h2*3-8H,1-2H3;3-7H,1-2H3,(H,11,12);4*3-7H,1-2H3. The molecule has 0 saturated carbocycles. The van der Waals surface area contributed by atoms with Crippen LogP contribution in [0.5, 0.6) is 0 Å². The first kappa shape index (κ1) is 60.6. The molecule has 14 aromatic rings. The minimum Gasteiger partial charge on any atom is -0.306 e. The van der Waals surface area contributed by atoms with Gasteiger partial charge in [0.2, 0.25) is 0 Å². The molecule has 14 rings (SSSR count). The van der Waals surface area contributed by atoms with Crippen molar-refractivity contribution in [1.29, 1.82) is 0 Å². The van der Waals surface area contributed by atoms with E-state index in [9.17, 15) is 0 Å². The van der Waals surface area contributed by atoms with Crippen LogP contribution in [0.15, 0.2) is 184 Å². The molecule has 0 atom stereocenters. The van der Waals surface area contributed by atoms with Crippen molar-refractivity contribution in [1.82, 2.24) is 87.8 Å². The lowest BCUT2D eigenvalue weighted by Gasteiger charge is -2.07. The second-order valence-corrected chi connectivity index (χ2v) is 22.6. The van der Waals surface area contributed by atoms with Gasteiger partial charge in [-0.1, -0.05) is 156 Å². The molecule has 0 aliphatic heterocycles. The van der Waals surface area contributed by atoms with Crippen LogP contribution in [0.4, 0.5) is 0 Å². The van der Waals surface area contributed by atoms with Crippen molar-refractivity contribution in [2.45, 2.75) is 138 Å². The Balaban J connectivity index is 0.000000128.